The number of nitrogens with zero attached hydrogens (tertiary/aromatic N) is 4. The SMILES string of the molecule is Cc1ccc(C(=O)O)c(N2CCCC(c3nccn3CC(N)=O)C2)n1. The summed E-state index contributed by atoms with van der Waals surface area (Å²) in [6.07, 6.45) is 5.21. The van der Waals surface area contributed by atoms with Gasteiger partial charge in [0.15, 0.2) is 0 Å². The number of amides is 1. The maximum absolute atomic E-state index is 11.5. The maximum atomic E-state index is 11.5. The molecule has 2 aromatic rings. The van der Waals surface area contributed by atoms with Gasteiger partial charge < -0.3 is 20.3 Å². The van der Waals surface area contributed by atoms with Crippen LogP contribution >= 0.6 is 0 Å². The van der Waals surface area contributed by atoms with Gasteiger partial charge in [-0.1, -0.05) is 0 Å². The molecule has 2 aromatic heterocycles. The standard InChI is InChI=1S/C17H21N5O3/c1-11-4-5-13(17(24)25)16(20-11)21-7-2-3-12(9-21)15-19-6-8-22(15)10-14(18)23/h4-6,8,12H,2-3,7,9-10H2,1H3,(H2,18,23)(H,24,25). The molecule has 0 bridgehead atoms. The number of nitrogens with two attached hydrogens (primary N) is 1. The number of aromatic nitrogens is 3. The number of aryl methyl sites for hydroxylation is 1. The van der Waals surface area contributed by atoms with Crippen LogP contribution in [0.15, 0.2) is 24.5 Å². The zero-order valence-electron chi connectivity index (χ0n) is 14.1. The molecule has 0 saturated carbocycles. The quantitative estimate of drug-likeness (QED) is 0.842. The summed E-state index contributed by atoms with van der Waals surface area (Å²) in [5.41, 5.74) is 6.27. The minimum Gasteiger partial charge on any atom is -0.478 e. The highest BCUT2D eigenvalue weighted by atomic mass is 16.4. The van der Waals surface area contributed by atoms with Gasteiger partial charge in [0.05, 0.1) is 0 Å². The molecule has 3 rings (SSSR count). The zero-order chi connectivity index (χ0) is 18.0. The molecule has 1 unspecified atom stereocenters. The molecule has 1 amide bonds. The number of primary amides is 1. The Labute approximate surface area is 145 Å². The normalized spacial score (nSPS) is 17.5. The summed E-state index contributed by atoms with van der Waals surface area (Å²) in [7, 11) is 0. The number of piperidine rings is 1. The Balaban J connectivity index is 1.88. The Morgan fingerprint density at radius 1 is 1.40 bits per heavy atom. The third-order valence-corrected chi connectivity index (χ3v) is 4.40. The lowest BCUT2D eigenvalue weighted by Gasteiger charge is -2.34. The smallest absolute Gasteiger partial charge is 0.339 e. The van der Waals surface area contributed by atoms with Crippen LogP contribution in [0.3, 0.4) is 0 Å². The fourth-order valence-electron chi connectivity index (χ4n) is 3.31. The fraction of sp³-hybridized carbons (Fsp3) is 0.412. The Morgan fingerprint density at radius 3 is 2.92 bits per heavy atom. The van der Waals surface area contributed by atoms with Crippen LogP contribution in [0.5, 0.6) is 0 Å². The van der Waals surface area contributed by atoms with Crippen LogP contribution in [-0.4, -0.2) is 44.6 Å². The molecule has 0 spiro atoms. The molecule has 1 saturated heterocycles. The summed E-state index contributed by atoms with van der Waals surface area (Å²) < 4.78 is 1.76. The molecule has 1 aliphatic rings. The Morgan fingerprint density at radius 2 is 2.20 bits per heavy atom. The van der Waals surface area contributed by atoms with Crippen molar-refractivity contribution in [2.45, 2.75) is 32.2 Å². The van der Waals surface area contributed by atoms with E-state index in [4.69, 9.17) is 5.73 Å². The molecule has 1 fully saturated rings. The summed E-state index contributed by atoms with van der Waals surface area (Å²) >= 11 is 0. The molecule has 0 aliphatic carbocycles. The van der Waals surface area contributed by atoms with Crippen LogP contribution in [0.25, 0.3) is 0 Å². The van der Waals surface area contributed by atoms with Gasteiger partial charge in [0.1, 0.15) is 23.8 Å². The number of rotatable bonds is 5. The van der Waals surface area contributed by atoms with Crippen molar-refractivity contribution < 1.29 is 14.7 Å². The van der Waals surface area contributed by atoms with Crippen molar-refractivity contribution >= 4 is 17.7 Å². The van der Waals surface area contributed by atoms with E-state index in [0.717, 1.165) is 30.9 Å². The average molecular weight is 343 g/mol. The number of imidazole rings is 1. The number of carboxylic acids is 1. The monoisotopic (exact) mass is 343 g/mol. The summed E-state index contributed by atoms with van der Waals surface area (Å²) in [6.45, 7) is 3.28. The molecule has 8 nitrogen and oxygen atoms in total. The van der Waals surface area contributed by atoms with E-state index in [-0.39, 0.29) is 18.0 Å². The molecule has 3 heterocycles. The topological polar surface area (TPSA) is 114 Å². The minimum atomic E-state index is -0.986. The van der Waals surface area contributed by atoms with E-state index in [1.807, 2.05) is 11.8 Å². The van der Waals surface area contributed by atoms with Gasteiger partial charge in [-0.25, -0.2) is 14.8 Å². The lowest BCUT2D eigenvalue weighted by molar-refractivity contribution is -0.118. The fourth-order valence-corrected chi connectivity index (χ4v) is 3.31. The van der Waals surface area contributed by atoms with Gasteiger partial charge in [-0.3, -0.25) is 4.79 Å². The molecule has 25 heavy (non-hydrogen) atoms. The highest BCUT2D eigenvalue weighted by Crippen LogP contribution is 2.30. The van der Waals surface area contributed by atoms with Crippen molar-refractivity contribution in [1.82, 2.24) is 14.5 Å². The van der Waals surface area contributed by atoms with E-state index in [2.05, 4.69) is 9.97 Å². The predicted molar refractivity (Wildman–Crippen MR) is 91.5 cm³/mol. The van der Waals surface area contributed by atoms with E-state index in [0.29, 0.717) is 12.4 Å². The van der Waals surface area contributed by atoms with E-state index in [1.165, 1.54) is 0 Å². The van der Waals surface area contributed by atoms with Crippen LogP contribution in [0, 0.1) is 6.92 Å². The highest BCUT2D eigenvalue weighted by molar-refractivity contribution is 5.93. The van der Waals surface area contributed by atoms with Crippen molar-refractivity contribution in [3.8, 4) is 0 Å². The second kappa shape index (κ2) is 6.92. The minimum absolute atomic E-state index is 0.0899. The van der Waals surface area contributed by atoms with Crippen LogP contribution in [0.2, 0.25) is 0 Å². The van der Waals surface area contributed by atoms with Crippen molar-refractivity contribution in [2.75, 3.05) is 18.0 Å². The van der Waals surface area contributed by atoms with Crippen LogP contribution in [-0.2, 0) is 11.3 Å². The average Bonchev–Trinajstić information content (AvgIpc) is 3.02. The van der Waals surface area contributed by atoms with E-state index < -0.39 is 11.9 Å². The summed E-state index contributed by atoms with van der Waals surface area (Å²) in [5, 5.41) is 9.45. The lowest BCUT2D eigenvalue weighted by atomic mass is 9.96. The van der Waals surface area contributed by atoms with Crippen molar-refractivity contribution in [1.29, 1.82) is 0 Å². The maximum Gasteiger partial charge on any atom is 0.339 e. The molecule has 1 atom stereocenters. The van der Waals surface area contributed by atoms with E-state index in [1.54, 1.807) is 29.1 Å². The number of carboxylic acid groups (broad SMARTS) is 1. The van der Waals surface area contributed by atoms with Gasteiger partial charge in [-0.15, -0.1) is 0 Å². The van der Waals surface area contributed by atoms with Gasteiger partial charge in [-0.2, -0.15) is 0 Å². The summed E-state index contributed by atoms with van der Waals surface area (Å²) in [6, 6.07) is 3.30. The highest BCUT2D eigenvalue weighted by Gasteiger charge is 2.28. The number of pyridine rings is 1. The first kappa shape index (κ1) is 16.9. The molecule has 132 valence electrons. The summed E-state index contributed by atoms with van der Waals surface area (Å²) in [5.74, 6) is -0.0226. The molecule has 0 radical (unpaired) electrons. The Kier molecular flexibility index (Phi) is 4.69. The first-order valence-electron chi connectivity index (χ1n) is 8.21. The molecule has 1 aliphatic heterocycles. The van der Waals surface area contributed by atoms with Gasteiger partial charge in [0, 0.05) is 37.1 Å². The molecule has 0 aromatic carbocycles. The van der Waals surface area contributed by atoms with Crippen molar-refractivity contribution in [3.05, 3.63) is 41.6 Å². The predicted octanol–water partition coefficient (Wildman–Crippen LogP) is 1.15. The van der Waals surface area contributed by atoms with Crippen molar-refractivity contribution in [2.24, 2.45) is 5.73 Å². The number of carbonyl (C=O) groups is 2. The zero-order valence-corrected chi connectivity index (χ0v) is 14.1. The third kappa shape index (κ3) is 3.62. The van der Waals surface area contributed by atoms with Crippen LogP contribution < -0.4 is 10.6 Å². The lowest BCUT2D eigenvalue weighted by Crippen LogP contribution is -2.37. The second-order valence-electron chi connectivity index (χ2n) is 6.29. The largest absolute Gasteiger partial charge is 0.478 e. The first-order valence-corrected chi connectivity index (χ1v) is 8.21. The Bertz CT molecular complexity index is 801. The van der Waals surface area contributed by atoms with Crippen LogP contribution in [0.4, 0.5) is 5.82 Å². The second-order valence-corrected chi connectivity index (χ2v) is 6.29. The number of hydrogen-bond acceptors (Lipinski definition) is 5. The molecular formula is C17H21N5O3. The molecule has 3 N–H and O–H groups in total. The van der Waals surface area contributed by atoms with Crippen molar-refractivity contribution in [3.63, 3.8) is 0 Å². The van der Waals surface area contributed by atoms with Gasteiger partial charge >= 0.3 is 5.97 Å². The van der Waals surface area contributed by atoms with Gasteiger partial charge in [-0.05, 0) is 31.9 Å². The number of anilines is 1. The molecule has 8 heteroatoms. The van der Waals surface area contributed by atoms with Crippen LogP contribution in [0.1, 0.15) is 40.6 Å². The first-order chi connectivity index (χ1) is 12.0. The van der Waals surface area contributed by atoms with E-state index in [9.17, 15) is 14.7 Å². The molecular weight excluding hydrogens is 322 g/mol. The number of aromatic carboxylic acids is 1. The van der Waals surface area contributed by atoms with Gasteiger partial charge in [0.25, 0.3) is 0 Å². The third-order valence-electron chi connectivity index (χ3n) is 4.40. The Hall–Kier alpha value is -2.90. The summed E-state index contributed by atoms with van der Waals surface area (Å²) in [4.78, 5) is 33.6. The number of carbonyl (C=O) groups excluding carboxylic acids is 1. The number of hydrogen-bond donors (Lipinski definition) is 2. The van der Waals surface area contributed by atoms with Gasteiger partial charge in [0.2, 0.25) is 5.91 Å². The van der Waals surface area contributed by atoms with E-state index >= 15 is 0 Å².